The van der Waals surface area contributed by atoms with Crippen molar-refractivity contribution >= 4 is 17.7 Å². The van der Waals surface area contributed by atoms with E-state index in [0.29, 0.717) is 30.8 Å². The van der Waals surface area contributed by atoms with Crippen LogP contribution in [0.1, 0.15) is 70.8 Å². The second kappa shape index (κ2) is 11.2. The number of nitrogens with one attached hydrogen (secondary N) is 1. The zero-order valence-electron chi connectivity index (χ0n) is 22.5. The van der Waals surface area contributed by atoms with Crippen LogP contribution in [0.15, 0.2) is 30.3 Å². The maximum absolute atomic E-state index is 13.9. The van der Waals surface area contributed by atoms with E-state index in [9.17, 15) is 14.4 Å². The molecule has 4 aliphatic carbocycles. The molecule has 1 aliphatic heterocycles. The van der Waals surface area contributed by atoms with Gasteiger partial charge in [-0.05, 0) is 86.6 Å². The van der Waals surface area contributed by atoms with E-state index in [1.54, 1.807) is 0 Å². The summed E-state index contributed by atoms with van der Waals surface area (Å²) in [6.07, 6.45) is 8.69. The first-order valence-electron chi connectivity index (χ1n) is 14.5. The fraction of sp³-hybridized carbons (Fsp3) is 0.700. The topological polar surface area (TPSA) is 95.7 Å². The number of nitrogens with zero attached hydrogens (tertiary/aromatic N) is 2. The molecular weight excluding hydrogens is 464 g/mol. The monoisotopic (exact) mass is 508 g/mol. The average Bonchev–Trinajstić information content (AvgIpc) is 3.35. The normalized spacial score (nSPS) is 32.2. The van der Waals surface area contributed by atoms with E-state index >= 15 is 0 Å². The SMILES string of the molecule is CC[C@H](C)[C@H](N)C(=O)N(Cc1ccccc1)C(=O)[C@@H]1CCCN1CC(=O)NC1C2CC3CC(C2)CC1C3. The standard InChI is InChI=1S/C30H44N4O3/c1-3-19(2)27(31)30(37)34(17-20-8-5-4-6-9-20)29(36)25-10-7-11-33(25)18-26(35)32-28-23-13-21-12-22(15-23)16-24(28)14-21/h4-6,8-9,19,21-25,27-28H,3,7,10-18,31H2,1-2H3,(H,32,35)/t19-,21?,22?,23?,24?,25-,27-,28?/m0/s1. The van der Waals surface area contributed by atoms with Crippen LogP contribution in [-0.4, -0.2) is 58.7 Å². The van der Waals surface area contributed by atoms with Crippen molar-refractivity contribution in [2.75, 3.05) is 13.1 Å². The number of carbonyl (C=O) groups is 3. The Morgan fingerprint density at radius 3 is 2.32 bits per heavy atom. The zero-order chi connectivity index (χ0) is 26.1. The molecule has 1 heterocycles. The molecule has 7 nitrogen and oxygen atoms in total. The van der Waals surface area contributed by atoms with Crippen LogP contribution in [0.25, 0.3) is 0 Å². The molecule has 1 aromatic rings. The predicted molar refractivity (Wildman–Crippen MR) is 143 cm³/mol. The minimum absolute atomic E-state index is 0.0226. The summed E-state index contributed by atoms with van der Waals surface area (Å²) in [6.45, 7) is 5.05. The Hall–Kier alpha value is -2.25. The molecular formula is C30H44N4O3. The van der Waals surface area contributed by atoms with Gasteiger partial charge in [-0.2, -0.15) is 0 Å². The molecule has 1 aromatic carbocycles. The summed E-state index contributed by atoms with van der Waals surface area (Å²) >= 11 is 0. The van der Waals surface area contributed by atoms with Crippen molar-refractivity contribution in [1.82, 2.24) is 15.1 Å². The van der Waals surface area contributed by atoms with Crippen molar-refractivity contribution in [2.45, 2.75) is 89.9 Å². The number of benzene rings is 1. The summed E-state index contributed by atoms with van der Waals surface area (Å²) in [5.41, 5.74) is 7.21. The molecule has 3 atom stereocenters. The number of likely N-dealkylation sites (tertiary alicyclic amines) is 1. The third kappa shape index (κ3) is 5.63. The van der Waals surface area contributed by atoms with Gasteiger partial charge in [-0.15, -0.1) is 0 Å². The van der Waals surface area contributed by atoms with E-state index in [4.69, 9.17) is 5.73 Å². The molecule has 37 heavy (non-hydrogen) atoms. The Kier molecular flexibility index (Phi) is 8.01. The number of rotatable bonds is 9. The summed E-state index contributed by atoms with van der Waals surface area (Å²) in [6, 6.07) is 8.68. The van der Waals surface area contributed by atoms with E-state index in [1.807, 2.05) is 49.1 Å². The van der Waals surface area contributed by atoms with Gasteiger partial charge in [-0.3, -0.25) is 24.2 Å². The van der Waals surface area contributed by atoms with Crippen molar-refractivity contribution in [3.8, 4) is 0 Å². The molecule has 0 unspecified atom stereocenters. The minimum Gasteiger partial charge on any atom is -0.352 e. The average molecular weight is 509 g/mol. The summed E-state index contributed by atoms with van der Waals surface area (Å²) in [7, 11) is 0. The first-order valence-corrected chi connectivity index (χ1v) is 14.5. The maximum Gasteiger partial charge on any atom is 0.246 e. The van der Waals surface area contributed by atoms with Crippen LogP contribution in [0.2, 0.25) is 0 Å². The number of nitrogens with two attached hydrogens (primary N) is 1. The van der Waals surface area contributed by atoms with E-state index in [0.717, 1.165) is 30.2 Å². The molecule has 3 N–H and O–H groups in total. The van der Waals surface area contributed by atoms with E-state index in [1.165, 1.54) is 37.0 Å². The van der Waals surface area contributed by atoms with Crippen LogP contribution in [0, 0.1) is 29.6 Å². The lowest BCUT2D eigenvalue weighted by Gasteiger charge is -2.54. The smallest absolute Gasteiger partial charge is 0.246 e. The number of hydrogen-bond acceptors (Lipinski definition) is 5. The molecule has 3 amide bonds. The lowest BCUT2D eigenvalue weighted by atomic mass is 9.54. The van der Waals surface area contributed by atoms with Crippen LogP contribution >= 0.6 is 0 Å². The summed E-state index contributed by atoms with van der Waals surface area (Å²) in [5, 5.41) is 3.39. The molecule has 0 radical (unpaired) electrons. The molecule has 4 saturated carbocycles. The van der Waals surface area contributed by atoms with Crippen LogP contribution in [-0.2, 0) is 20.9 Å². The lowest BCUT2D eigenvalue weighted by molar-refractivity contribution is -0.150. The molecule has 7 heteroatoms. The van der Waals surface area contributed by atoms with Crippen molar-refractivity contribution in [2.24, 2.45) is 35.3 Å². The van der Waals surface area contributed by atoms with E-state index < -0.39 is 12.1 Å². The van der Waals surface area contributed by atoms with Gasteiger partial charge in [0.1, 0.15) is 0 Å². The summed E-state index contributed by atoms with van der Waals surface area (Å²) in [4.78, 5) is 43.9. The van der Waals surface area contributed by atoms with Gasteiger partial charge >= 0.3 is 0 Å². The number of amides is 3. The molecule has 5 aliphatic rings. The molecule has 6 rings (SSSR count). The Balaban J connectivity index is 1.26. The molecule has 1 saturated heterocycles. The number of hydrogen-bond donors (Lipinski definition) is 2. The number of imide groups is 1. The molecule has 202 valence electrons. The van der Waals surface area contributed by atoms with Crippen molar-refractivity contribution in [1.29, 1.82) is 0 Å². The Labute approximate surface area is 221 Å². The fourth-order valence-corrected chi connectivity index (χ4v) is 7.76. The second-order valence-electron chi connectivity index (χ2n) is 12.3. The van der Waals surface area contributed by atoms with Gasteiger partial charge in [0.05, 0.1) is 25.2 Å². The summed E-state index contributed by atoms with van der Waals surface area (Å²) in [5.74, 6) is 2.42. The highest BCUT2D eigenvalue weighted by Gasteiger charge is 2.49. The predicted octanol–water partition coefficient (Wildman–Crippen LogP) is 3.32. The highest BCUT2D eigenvalue weighted by atomic mass is 16.2. The third-order valence-corrected chi connectivity index (χ3v) is 9.81. The third-order valence-electron chi connectivity index (χ3n) is 9.81. The molecule has 0 aromatic heterocycles. The van der Waals surface area contributed by atoms with E-state index in [2.05, 4.69) is 5.32 Å². The van der Waals surface area contributed by atoms with Crippen LogP contribution in [0.3, 0.4) is 0 Å². The zero-order valence-corrected chi connectivity index (χ0v) is 22.5. The summed E-state index contributed by atoms with van der Waals surface area (Å²) < 4.78 is 0. The van der Waals surface area contributed by atoms with Gasteiger partial charge in [-0.1, -0.05) is 50.6 Å². The first-order chi connectivity index (χ1) is 17.8. The van der Waals surface area contributed by atoms with Crippen molar-refractivity contribution in [3.63, 3.8) is 0 Å². The quantitative estimate of drug-likeness (QED) is 0.534. The van der Waals surface area contributed by atoms with Crippen LogP contribution < -0.4 is 11.1 Å². The maximum atomic E-state index is 13.9. The fourth-order valence-electron chi connectivity index (χ4n) is 7.76. The minimum atomic E-state index is -0.729. The number of carbonyl (C=O) groups excluding carboxylic acids is 3. The van der Waals surface area contributed by atoms with E-state index in [-0.39, 0.29) is 36.7 Å². The van der Waals surface area contributed by atoms with Crippen molar-refractivity contribution < 1.29 is 14.4 Å². The van der Waals surface area contributed by atoms with Gasteiger partial charge in [0.2, 0.25) is 17.7 Å². The van der Waals surface area contributed by atoms with Crippen molar-refractivity contribution in [3.05, 3.63) is 35.9 Å². The van der Waals surface area contributed by atoms with Gasteiger partial charge in [-0.25, -0.2) is 0 Å². The molecule has 4 bridgehead atoms. The molecule has 0 spiro atoms. The largest absolute Gasteiger partial charge is 0.352 e. The first kappa shape index (κ1) is 26.4. The molecule has 5 fully saturated rings. The van der Waals surface area contributed by atoms with Crippen LogP contribution in [0.5, 0.6) is 0 Å². The Bertz CT molecular complexity index is 954. The van der Waals surface area contributed by atoms with Gasteiger partial charge in [0.25, 0.3) is 0 Å². The highest BCUT2D eigenvalue weighted by molar-refractivity contribution is 6.00. The Morgan fingerprint density at radius 2 is 1.70 bits per heavy atom. The van der Waals surface area contributed by atoms with Gasteiger partial charge in [0.15, 0.2) is 0 Å². The van der Waals surface area contributed by atoms with Crippen LogP contribution in [0.4, 0.5) is 0 Å². The van der Waals surface area contributed by atoms with Gasteiger partial charge < -0.3 is 11.1 Å². The second-order valence-corrected chi connectivity index (χ2v) is 12.3. The Morgan fingerprint density at radius 1 is 1.05 bits per heavy atom. The lowest BCUT2D eigenvalue weighted by Crippen LogP contribution is -2.58. The highest BCUT2D eigenvalue weighted by Crippen LogP contribution is 2.53. The van der Waals surface area contributed by atoms with Gasteiger partial charge in [0, 0.05) is 6.04 Å².